The topological polar surface area (TPSA) is 38.3 Å². The van der Waals surface area contributed by atoms with E-state index in [9.17, 15) is 4.79 Å². The first-order chi connectivity index (χ1) is 7.67. The molecule has 16 heavy (non-hydrogen) atoms. The highest BCUT2D eigenvalue weighted by molar-refractivity contribution is 5.97. The summed E-state index contributed by atoms with van der Waals surface area (Å²) in [4.78, 5) is 11.7. The maximum Gasteiger partial charge on any atom is 0.176 e. The third-order valence-corrected chi connectivity index (χ3v) is 2.51. The first kappa shape index (κ1) is 12.9. The Morgan fingerprint density at radius 3 is 2.88 bits per heavy atom. The average molecular weight is 221 g/mol. The Hall–Kier alpha value is -1.19. The van der Waals surface area contributed by atoms with Crippen LogP contribution in [0.3, 0.4) is 0 Å². The molecule has 0 bridgehead atoms. The van der Waals surface area contributed by atoms with Crippen LogP contribution >= 0.6 is 0 Å². The van der Waals surface area contributed by atoms with Crippen molar-refractivity contribution in [3.8, 4) is 0 Å². The van der Waals surface area contributed by atoms with Gasteiger partial charge in [0.1, 0.15) is 0 Å². The van der Waals surface area contributed by atoms with E-state index in [1.165, 1.54) is 0 Å². The number of hydrogen-bond acceptors (Lipinski definition) is 3. The van der Waals surface area contributed by atoms with E-state index in [4.69, 9.17) is 4.74 Å². The summed E-state index contributed by atoms with van der Waals surface area (Å²) >= 11 is 0. The van der Waals surface area contributed by atoms with Crippen molar-refractivity contribution in [1.82, 2.24) is 5.32 Å². The lowest BCUT2D eigenvalue weighted by molar-refractivity contribution is 0.0992. The largest absolute Gasteiger partial charge is 0.381 e. The van der Waals surface area contributed by atoms with Crippen molar-refractivity contribution < 1.29 is 9.53 Å². The van der Waals surface area contributed by atoms with E-state index in [0.717, 1.165) is 17.5 Å². The van der Waals surface area contributed by atoms with Gasteiger partial charge in [-0.15, -0.1) is 0 Å². The minimum absolute atomic E-state index is 0.120. The molecule has 1 aromatic carbocycles. The quantitative estimate of drug-likeness (QED) is 0.743. The number of ether oxygens (including phenoxy) is 1. The molecule has 1 N–H and O–H groups in total. The Morgan fingerprint density at radius 2 is 2.25 bits per heavy atom. The number of nitrogens with one attached hydrogen (secondary N) is 1. The van der Waals surface area contributed by atoms with Crippen molar-refractivity contribution in [1.29, 1.82) is 0 Å². The fourth-order valence-corrected chi connectivity index (χ4v) is 1.55. The van der Waals surface area contributed by atoms with Gasteiger partial charge in [0.2, 0.25) is 0 Å². The van der Waals surface area contributed by atoms with Gasteiger partial charge in [0.25, 0.3) is 0 Å². The zero-order chi connectivity index (χ0) is 12.0. The zero-order valence-corrected chi connectivity index (χ0v) is 10.1. The van der Waals surface area contributed by atoms with Gasteiger partial charge >= 0.3 is 0 Å². The van der Waals surface area contributed by atoms with Crippen molar-refractivity contribution in [3.63, 3.8) is 0 Å². The number of likely N-dealkylation sites (N-methyl/N-ethyl adjacent to an activating group) is 1. The molecular weight excluding hydrogens is 202 g/mol. The van der Waals surface area contributed by atoms with Crippen molar-refractivity contribution in [2.45, 2.75) is 19.4 Å². The lowest BCUT2D eigenvalue weighted by Gasteiger charge is -2.10. The Balaban J connectivity index is 2.74. The van der Waals surface area contributed by atoms with Gasteiger partial charge in [-0.1, -0.05) is 18.2 Å². The van der Waals surface area contributed by atoms with E-state index in [1.807, 2.05) is 31.2 Å². The van der Waals surface area contributed by atoms with Crippen LogP contribution in [0.5, 0.6) is 0 Å². The van der Waals surface area contributed by atoms with E-state index < -0.39 is 0 Å². The summed E-state index contributed by atoms with van der Waals surface area (Å²) in [5.41, 5.74) is 1.89. The van der Waals surface area contributed by atoms with Crippen molar-refractivity contribution in [3.05, 3.63) is 35.4 Å². The lowest BCUT2D eigenvalue weighted by atomic mass is 10.0. The number of carbonyl (C=O) groups is 1. The molecule has 1 rings (SSSR count). The third-order valence-electron chi connectivity index (χ3n) is 2.51. The number of benzene rings is 1. The first-order valence-electron chi connectivity index (χ1n) is 5.47. The molecule has 0 saturated heterocycles. The Kier molecular flexibility index (Phi) is 5.15. The molecule has 0 radical (unpaired) electrons. The minimum Gasteiger partial charge on any atom is -0.381 e. The summed E-state index contributed by atoms with van der Waals surface area (Å²) in [6, 6.07) is 7.72. The van der Waals surface area contributed by atoms with Gasteiger partial charge in [-0.25, -0.2) is 0 Å². The number of carbonyl (C=O) groups excluding carboxylic acids is 1. The monoisotopic (exact) mass is 221 g/mol. The van der Waals surface area contributed by atoms with Gasteiger partial charge in [-0.05, 0) is 32.0 Å². The molecule has 0 heterocycles. The normalized spacial score (nSPS) is 12.4. The molecule has 0 fully saturated rings. The summed E-state index contributed by atoms with van der Waals surface area (Å²) in [6.45, 7) is 2.39. The van der Waals surface area contributed by atoms with Crippen LogP contribution in [0.1, 0.15) is 22.8 Å². The van der Waals surface area contributed by atoms with Gasteiger partial charge in [-0.2, -0.15) is 0 Å². The second kappa shape index (κ2) is 6.40. The van der Waals surface area contributed by atoms with Crippen LogP contribution in [-0.2, 0) is 11.2 Å². The van der Waals surface area contributed by atoms with Gasteiger partial charge in [0.05, 0.1) is 12.6 Å². The van der Waals surface area contributed by atoms with Crippen LogP contribution in [-0.4, -0.2) is 32.6 Å². The van der Waals surface area contributed by atoms with E-state index >= 15 is 0 Å². The standard InChI is InChI=1S/C13H19NO2/c1-10(16-3)7-11-5-4-6-12(8-11)13(15)9-14-2/h4-6,8,10,14H,7,9H2,1-3H3. The molecule has 0 aromatic heterocycles. The molecule has 0 aliphatic carbocycles. The number of hydrogen-bond donors (Lipinski definition) is 1. The summed E-state index contributed by atoms with van der Waals surface area (Å²) in [6.07, 6.45) is 1.01. The summed E-state index contributed by atoms with van der Waals surface area (Å²) in [5.74, 6) is 0.120. The molecule has 0 aliphatic rings. The van der Waals surface area contributed by atoms with Crippen molar-refractivity contribution in [2.75, 3.05) is 20.7 Å². The molecule has 3 nitrogen and oxygen atoms in total. The average Bonchev–Trinajstić information content (AvgIpc) is 2.29. The fourth-order valence-electron chi connectivity index (χ4n) is 1.55. The Bertz CT molecular complexity index is 350. The lowest BCUT2D eigenvalue weighted by Crippen LogP contribution is -2.18. The highest BCUT2D eigenvalue weighted by atomic mass is 16.5. The first-order valence-corrected chi connectivity index (χ1v) is 5.47. The second-order valence-corrected chi connectivity index (χ2v) is 3.90. The number of methoxy groups -OCH3 is 1. The maximum absolute atomic E-state index is 11.7. The molecule has 0 spiro atoms. The SMILES string of the molecule is CNCC(=O)c1cccc(CC(C)OC)c1. The Morgan fingerprint density at radius 1 is 1.50 bits per heavy atom. The highest BCUT2D eigenvalue weighted by Crippen LogP contribution is 2.09. The van der Waals surface area contributed by atoms with E-state index in [1.54, 1.807) is 14.2 Å². The van der Waals surface area contributed by atoms with Gasteiger partial charge in [0.15, 0.2) is 5.78 Å². The molecule has 0 aliphatic heterocycles. The highest BCUT2D eigenvalue weighted by Gasteiger charge is 2.07. The van der Waals surface area contributed by atoms with Crippen LogP contribution in [0.4, 0.5) is 0 Å². The van der Waals surface area contributed by atoms with Gasteiger partial charge in [0, 0.05) is 12.7 Å². The summed E-state index contributed by atoms with van der Waals surface area (Å²) in [5, 5.41) is 2.86. The van der Waals surface area contributed by atoms with E-state index in [-0.39, 0.29) is 11.9 Å². The van der Waals surface area contributed by atoms with E-state index in [0.29, 0.717) is 6.54 Å². The molecule has 88 valence electrons. The molecule has 1 aromatic rings. The van der Waals surface area contributed by atoms with Gasteiger partial charge < -0.3 is 10.1 Å². The predicted octanol–water partition coefficient (Wildman–Crippen LogP) is 1.67. The van der Waals surface area contributed by atoms with Crippen LogP contribution in [0, 0.1) is 0 Å². The summed E-state index contributed by atoms with van der Waals surface area (Å²) in [7, 11) is 3.47. The fraction of sp³-hybridized carbons (Fsp3) is 0.462. The molecule has 1 unspecified atom stereocenters. The number of rotatable bonds is 6. The summed E-state index contributed by atoms with van der Waals surface area (Å²) < 4.78 is 5.20. The van der Waals surface area contributed by atoms with Gasteiger partial charge in [-0.3, -0.25) is 4.79 Å². The van der Waals surface area contributed by atoms with Crippen molar-refractivity contribution >= 4 is 5.78 Å². The Labute approximate surface area is 96.8 Å². The minimum atomic E-state index is 0.120. The molecule has 3 heteroatoms. The molecule has 1 atom stereocenters. The van der Waals surface area contributed by atoms with Crippen LogP contribution in [0.25, 0.3) is 0 Å². The van der Waals surface area contributed by atoms with Crippen molar-refractivity contribution in [2.24, 2.45) is 0 Å². The van der Waals surface area contributed by atoms with Crippen LogP contribution in [0.15, 0.2) is 24.3 Å². The van der Waals surface area contributed by atoms with Crippen LogP contribution < -0.4 is 5.32 Å². The second-order valence-electron chi connectivity index (χ2n) is 3.90. The predicted molar refractivity (Wildman–Crippen MR) is 64.9 cm³/mol. The smallest absolute Gasteiger partial charge is 0.176 e. The number of ketones is 1. The van der Waals surface area contributed by atoms with E-state index in [2.05, 4.69) is 5.32 Å². The molecular formula is C13H19NO2. The molecule has 0 saturated carbocycles. The number of Topliss-reactive ketones (excluding diaryl/α,β-unsaturated/α-hetero) is 1. The maximum atomic E-state index is 11.7. The molecule has 0 amide bonds. The zero-order valence-electron chi connectivity index (χ0n) is 10.1. The third kappa shape index (κ3) is 3.76. The van der Waals surface area contributed by atoms with Crippen LogP contribution in [0.2, 0.25) is 0 Å².